The lowest BCUT2D eigenvalue weighted by atomic mass is 9.98. The van der Waals surface area contributed by atoms with E-state index >= 15 is 0 Å². The van der Waals surface area contributed by atoms with Crippen LogP contribution in [-0.2, 0) is 13.1 Å². The molecule has 2 N–H and O–H groups in total. The molecule has 3 heteroatoms. The summed E-state index contributed by atoms with van der Waals surface area (Å²) >= 11 is 0. The van der Waals surface area contributed by atoms with E-state index in [4.69, 9.17) is 0 Å². The first-order valence-electron chi connectivity index (χ1n) is 12.4. The van der Waals surface area contributed by atoms with Crippen LogP contribution in [-0.4, -0.2) is 11.4 Å². The smallest absolute Gasteiger partial charge is 0.125 e. The van der Waals surface area contributed by atoms with Gasteiger partial charge in [0.15, 0.2) is 0 Å². The first-order valence-corrected chi connectivity index (χ1v) is 12.4. The molecular weight excluding hydrogens is 426 g/mol. The summed E-state index contributed by atoms with van der Waals surface area (Å²) in [5.41, 5.74) is 4.87. The Labute approximate surface area is 208 Å². The number of nitrogens with zero attached hydrogens (tertiary/aromatic N) is 1. The molecule has 2 aliphatic rings. The summed E-state index contributed by atoms with van der Waals surface area (Å²) in [5.74, 6) is 0.482. The second-order valence-electron chi connectivity index (χ2n) is 9.22. The molecule has 2 unspecified atom stereocenters. The van der Waals surface area contributed by atoms with Crippen molar-refractivity contribution in [2.75, 3.05) is 6.54 Å². The van der Waals surface area contributed by atoms with E-state index in [0.717, 1.165) is 31.8 Å². The predicted molar refractivity (Wildman–Crippen MR) is 147 cm³/mol. The minimum absolute atomic E-state index is 0.0423. The quantitative estimate of drug-likeness (QED) is 0.409. The number of benzene rings is 3. The fourth-order valence-electron chi connectivity index (χ4n) is 4.85. The minimum atomic E-state index is 0.0423. The molecule has 1 aliphatic heterocycles. The summed E-state index contributed by atoms with van der Waals surface area (Å²) in [6, 6.07) is 24.0. The number of hydrogen-bond acceptors (Lipinski definition) is 3. The van der Waals surface area contributed by atoms with Gasteiger partial charge >= 0.3 is 0 Å². The Hall–Kier alpha value is -3.82. The molecule has 0 spiro atoms. The standard InChI is InChI=1S/C32H33N3/c1-25-10-7-8-21-34-32(35(25)24-27-11-3-2-4-12-27)29-19-17-26(18-20-29)22-33-23-30-15-9-14-28-13-5-6-16-31(28)30/h2-11,13-21,27,32-34H,1,12,22-24H2/b10-7-,21-8-. The Morgan fingerprint density at radius 2 is 1.74 bits per heavy atom. The topological polar surface area (TPSA) is 27.3 Å². The maximum absolute atomic E-state index is 4.36. The average Bonchev–Trinajstić information content (AvgIpc) is 2.90. The fraction of sp³-hybridized carbons (Fsp3) is 0.188. The molecule has 5 rings (SSSR count). The van der Waals surface area contributed by atoms with Gasteiger partial charge < -0.3 is 15.5 Å². The van der Waals surface area contributed by atoms with E-state index in [-0.39, 0.29) is 6.17 Å². The molecule has 1 aliphatic carbocycles. The second kappa shape index (κ2) is 11.1. The van der Waals surface area contributed by atoms with Crippen molar-refractivity contribution < 1.29 is 0 Å². The van der Waals surface area contributed by atoms with Crippen LogP contribution in [0.5, 0.6) is 0 Å². The number of hydrogen-bond donors (Lipinski definition) is 2. The van der Waals surface area contributed by atoms with Gasteiger partial charge in [0.2, 0.25) is 0 Å². The zero-order valence-corrected chi connectivity index (χ0v) is 20.1. The van der Waals surface area contributed by atoms with Crippen molar-refractivity contribution in [1.82, 2.24) is 15.5 Å². The zero-order chi connectivity index (χ0) is 23.9. The monoisotopic (exact) mass is 459 g/mol. The second-order valence-corrected chi connectivity index (χ2v) is 9.22. The van der Waals surface area contributed by atoms with Crippen LogP contribution in [0, 0.1) is 5.92 Å². The third-order valence-corrected chi connectivity index (χ3v) is 6.75. The van der Waals surface area contributed by atoms with Crippen LogP contribution >= 0.6 is 0 Å². The summed E-state index contributed by atoms with van der Waals surface area (Å²) in [7, 11) is 0. The van der Waals surface area contributed by atoms with Gasteiger partial charge in [-0.1, -0.05) is 104 Å². The van der Waals surface area contributed by atoms with Gasteiger partial charge in [-0.3, -0.25) is 0 Å². The van der Waals surface area contributed by atoms with Gasteiger partial charge in [0.05, 0.1) is 0 Å². The first-order chi connectivity index (χ1) is 17.3. The van der Waals surface area contributed by atoms with Crippen LogP contribution in [0.15, 0.2) is 128 Å². The molecule has 3 nitrogen and oxygen atoms in total. The highest BCUT2D eigenvalue weighted by atomic mass is 15.3. The fourth-order valence-corrected chi connectivity index (χ4v) is 4.85. The van der Waals surface area contributed by atoms with E-state index in [1.54, 1.807) is 0 Å². The highest BCUT2D eigenvalue weighted by molar-refractivity contribution is 5.85. The third kappa shape index (κ3) is 5.64. The van der Waals surface area contributed by atoms with Gasteiger partial charge in [-0.05, 0) is 58.2 Å². The van der Waals surface area contributed by atoms with Crippen LogP contribution in [0.25, 0.3) is 10.8 Å². The van der Waals surface area contributed by atoms with Gasteiger partial charge in [-0.15, -0.1) is 0 Å². The third-order valence-electron chi connectivity index (χ3n) is 6.75. The Morgan fingerprint density at radius 1 is 0.886 bits per heavy atom. The van der Waals surface area contributed by atoms with Crippen LogP contribution < -0.4 is 10.6 Å². The van der Waals surface area contributed by atoms with Gasteiger partial charge in [0, 0.05) is 25.3 Å². The lowest BCUT2D eigenvalue weighted by molar-refractivity contribution is 0.218. The van der Waals surface area contributed by atoms with Crippen LogP contribution in [0.3, 0.4) is 0 Å². The summed E-state index contributed by atoms with van der Waals surface area (Å²) in [4.78, 5) is 2.38. The Bertz CT molecular complexity index is 1270. The van der Waals surface area contributed by atoms with E-state index in [9.17, 15) is 0 Å². The van der Waals surface area contributed by atoms with Crippen molar-refractivity contribution in [2.24, 2.45) is 5.92 Å². The van der Waals surface area contributed by atoms with E-state index in [2.05, 4.69) is 119 Å². The number of allylic oxidation sites excluding steroid dienone is 6. The number of nitrogens with one attached hydrogen (secondary N) is 2. The van der Waals surface area contributed by atoms with Crippen LogP contribution in [0.2, 0.25) is 0 Å². The van der Waals surface area contributed by atoms with Crippen molar-refractivity contribution in [1.29, 1.82) is 0 Å². The number of fused-ring (bicyclic) bond motifs is 1. The highest BCUT2D eigenvalue weighted by Crippen LogP contribution is 2.27. The van der Waals surface area contributed by atoms with E-state index in [1.807, 2.05) is 18.4 Å². The van der Waals surface area contributed by atoms with Gasteiger partial charge in [0.25, 0.3) is 0 Å². The minimum Gasteiger partial charge on any atom is -0.368 e. The summed E-state index contributed by atoms with van der Waals surface area (Å²) in [5, 5.41) is 9.82. The molecule has 0 aromatic heterocycles. The van der Waals surface area contributed by atoms with Crippen molar-refractivity contribution in [2.45, 2.75) is 25.7 Å². The molecule has 1 heterocycles. The van der Waals surface area contributed by atoms with E-state index < -0.39 is 0 Å². The van der Waals surface area contributed by atoms with Gasteiger partial charge in [-0.2, -0.15) is 0 Å². The van der Waals surface area contributed by atoms with Crippen LogP contribution in [0.1, 0.15) is 29.3 Å². The van der Waals surface area contributed by atoms with Crippen molar-refractivity contribution >= 4 is 10.8 Å². The molecule has 0 radical (unpaired) electrons. The molecule has 176 valence electrons. The molecule has 3 aromatic carbocycles. The first kappa shape index (κ1) is 22.9. The molecule has 3 aromatic rings. The van der Waals surface area contributed by atoms with Crippen molar-refractivity contribution in [3.63, 3.8) is 0 Å². The SMILES string of the molecule is C=C1/C=C\C=C/NC(c2ccc(CNCc3cccc4ccccc34)cc2)N1CC1C=CC=CC1. The number of rotatable bonds is 7. The van der Waals surface area contributed by atoms with E-state index in [1.165, 1.54) is 27.5 Å². The summed E-state index contributed by atoms with van der Waals surface area (Å²) < 4.78 is 0. The lowest BCUT2D eigenvalue weighted by Gasteiger charge is -2.37. The largest absolute Gasteiger partial charge is 0.368 e. The predicted octanol–water partition coefficient (Wildman–Crippen LogP) is 6.75. The Morgan fingerprint density at radius 3 is 2.60 bits per heavy atom. The van der Waals surface area contributed by atoms with Crippen LogP contribution in [0.4, 0.5) is 0 Å². The lowest BCUT2D eigenvalue weighted by Crippen LogP contribution is -2.38. The Balaban J connectivity index is 1.26. The zero-order valence-electron chi connectivity index (χ0n) is 20.1. The molecule has 0 amide bonds. The van der Waals surface area contributed by atoms with Crippen molar-refractivity contribution in [3.05, 3.63) is 144 Å². The molecule has 35 heavy (non-hydrogen) atoms. The molecule has 0 bridgehead atoms. The average molecular weight is 460 g/mol. The maximum atomic E-state index is 4.36. The maximum Gasteiger partial charge on any atom is 0.125 e. The Kier molecular flexibility index (Phi) is 7.26. The van der Waals surface area contributed by atoms with Gasteiger partial charge in [0.1, 0.15) is 6.17 Å². The highest BCUT2D eigenvalue weighted by Gasteiger charge is 2.23. The molecule has 2 atom stereocenters. The van der Waals surface area contributed by atoms with Gasteiger partial charge in [-0.25, -0.2) is 0 Å². The van der Waals surface area contributed by atoms with E-state index in [0.29, 0.717) is 5.92 Å². The molecule has 0 saturated heterocycles. The molecule has 0 saturated carbocycles. The molecule has 0 fully saturated rings. The molecular formula is C32H33N3. The summed E-state index contributed by atoms with van der Waals surface area (Å²) in [6.07, 6.45) is 18.1. The summed E-state index contributed by atoms with van der Waals surface area (Å²) in [6.45, 7) is 6.96. The normalized spacial score (nSPS) is 21.4. The van der Waals surface area contributed by atoms with Crippen molar-refractivity contribution in [3.8, 4) is 0 Å².